The van der Waals surface area contributed by atoms with Gasteiger partial charge in [0.15, 0.2) is 0 Å². The Kier molecular flexibility index (Phi) is 5.97. The highest BCUT2D eigenvalue weighted by Crippen LogP contribution is 2.05. The minimum absolute atomic E-state index is 0.267. The Morgan fingerprint density at radius 2 is 2.35 bits per heavy atom. The lowest BCUT2D eigenvalue weighted by molar-refractivity contribution is -0.389. The number of amides is 1. The maximum atomic E-state index is 11.7. The second-order valence-corrected chi connectivity index (χ2v) is 4.85. The number of aliphatic carboxylic acids is 1. The van der Waals surface area contributed by atoms with Gasteiger partial charge in [0, 0.05) is 0 Å². The van der Waals surface area contributed by atoms with Crippen molar-refractivity contribution in [1.29, 1.82) is 0 Å². The molecule has 0 aliphatic heterocycles. The first-order valence-corrected chi connectivity index (χ1v) is 7.02. The van der Waals surface area contributed by atoms with Gasteiger partial charge in [-0.15, -0.1) is 0 Å². The van der Waals surface area contributed by atoms with Crippen molar-refractivity contribution in [2.45, 2.75) is 19.0 Å². The molecule has 0 spiro atoms. The molecule has 0 fully saturated rings. The molecule has 0 aromatic carbocycles. The van der Waals surface area contributed by atoms with Gasteiger partial charge in [0.25, 0.3) is 0 Å². The summed E-state index contributed by atoms with van der Waals surface area (Å²) in [4.78, 5) is 32.4. The summed E-state index contributed by atoms with van der Waals surface area (Å²) in [6.07, 6.45) is 3.43. The molecule has 0 aliphatic carbocycles. The topological polar surface area (TPSA) is 127 Å². The number of carboxylic acid groups (broad SMARTS) is 1. The molecular formula is C10H14N4O5S. The molecule has 1 unspecified atom stereocenters. The highest BCUT2D eigenvalue weighted by Gasteiger charge is 2.20. The van der Waals surface area contributed by atoms with Crippen LogP contribution in [-0.4, -0.2) is 49.7 Å². The average molecular weight is 302 g/mol. The van der Waals surface area contributed by atoms with Crippen LogP contribution in [0.15, 0.2) is 12.3 Å². The smallest absolute Gasteiger partial charge is 0.389 e. The van der Waals surface area contributed by atoms with Crippen LogP contribution >= 0.6 is 11.8 Å². The summed E-state index contributed by atoms with van der Waals surface area (Å²) in [5, 5.41) is 25.3. The number of carbonyl (C=O) groups is 2. The zero-order chi connectivity index (χ0) is 15.1. The number of thioether (sulfide) groups is 1. The Morgan fingerprint density at radius 1 is 1.65 bits per heavy atom. The quantitative estimate of drug-likeness (QED) is 0.515. The van der Waals surface area contributed by atoms with Gasteiger partial charge >= 0.3 is 11.8 Å². The molecule has 1 amide bonds. The minimum atomic E-state index is -1.11. The predicted molar refractivity (Wildman–Crippen MR) is 71.4 cm³/mol. The fraction of sp³-hybridized carbons (Fsp3) is 0.500. The molecule has 1 atom stereocenters. The zero-order valence-corrected chi connectivity index (χ0v) is 11.5. The monoisotopic (exact) mass is 302 g/mol. The molecule has 0 bridgehead atoms. The number of rotatable bonds is 8. The highest BCUT2D eigenvalue weighted by molar-refractivity contribution is 7.98. The van der Waals surface area contributed by atoms with E-state index in [-0.39, 0.29) is 12.4 Å². The lowest BCUT2D eigenvalue weighted by Gasteiger charge is -2.13. The normalized spacial score (nSPS) is 11.8. The number of aromatic nitrogens is 2. The first kappa shape index (κ1) is 16.0. The van der Waals surface area contributed by atoms with E-state index in [2.05, 4.69) is 10.4 Å². The summed E-state index contributed by atoms with van der Waals surface area (Å²) >= 11 is 1.48. The van der Waals surface area contributed by atoms with Crippen LogP contribution in [0.25, 0.3) is 0 Å². The Bertz CT molecular complexity index is 504. The molecule has 20 heavy (non-hydrogen) atoms. The first-order chi connectivity index (χ1) is 9.43. The molecule has 0 radical (unpaired) electrons. The van der Waals surface area contributed by atoms with Crippen LogP contribution in [0.4, 0.5) is 5.82 Å². The molecule has 0 aliphatic rings. The van der Waals surface area contributed by atoms with Crippen LogP contribution in [0.2, 0.25) is 0 Å². The van der Waals surface area contributed by atoms with Crippen LogP contribution in [-0.2, 0) is 16.1 Å². The van der Waals surface area contributed by atoms with Crippen LogP contribution in [0.1, 0.15) is 6.42 Å². The van der Waals surface area contributed by atoms with E-state index in [1.54, 1.807) is 0 Å². The lowest BCUT2D eigenvalue weighted by atomic mass is 10.2. The third-order valence-corrected chi connectivity index (χ3v) is 3.01. The standard InChI is InChI=1S/C10H14N4O5S/c1-20-5-3-7(10(16)17)11-9(15)6-13-4-2-8(12-13)14(18)19/h2,4,7H,3,5-6H2,1H3,(H,11,15)(H,16,17). The Morgan fingerprint density at radius 3 is 2.85 bits per heavy atom. The predicted octanol–water partition coefficient (Wildman–Crippen LogP) is 0.114. The van der Waals surface area contributed by atoms with E-state index < -0.39 is 22.8 Å². The molecule has 1 rings (SSSR count). The largest absolute Gasteiger partial charge is 0.480 e. The molecule has 1 heterocycles. The number of carbonyl (C=O) groups excluding carboxylic acids is 1. The van der Waals surface area contributed by atoms with Crippen molar-refractivity contribution in [2.24, 2.45) is 0 Å². The fourth-order valence-electron chi connectivity index (χ4n) is 1.42. The van der Waals surface area contributed by atoms with Crippen molar-refractivity contribution in [3.05, 3.63) is 22.4 Å². The molecular weight excluding hydrogens is 288 g/mol. The van der Waals surface area contributed by atoms with E-state index in [4.69, 9.17) is 5.11 Å². The van der Waals surface area contributed by atoms with E-state index in [1.165, 1.54) is 18.0 Å². The van der Waals surface area contributed by atoms with Gasteiger partial charge in [-0.3, -0.25) is 4.79 Å². The number of hydrogen-bond acceptors (Lipinski definition) is 6. The van der Waals surface area contributed by atoms with E-state index in [9.17, 15) is 19.7 Å². The maximum Gasteiger partial charge on any atom is 0.389 e. The summed E-state index contributed by atoms with van der Waals surface area (Å²) in [6, 6.07) is 0.191. The van der Waals surface area contributed by atoms with Gasteiger partial charge in [-0.05, 0) is 23.4 Å². The maximum absolute atomic E-state index is 11.7. The molecule has 10 heteroatoms. The number of carboxylic acids is 1. The molecule has 9 nitrogen and oxygen atoms in total. The number of hydrogen-bond donors (Lipinski definition) is 2. The number of nitro groups is 1. The van der Waals surface area contributed by atoms with Crippen LogP contribution in [0.3, 0.4) is 0 Å². The molecule has 1 aromatic rings. The fourth-order valence-corrected chi connectivity index (χ4v) is 1.89. The molecule has 2 N–H and O–H groups in total. The summed E-state index contributed by atoms with van der Waals surface area (Å²) in [5.41, 5.74) is 0. The van der Waals surface area contributed by atoms with Gasteiger partial charge in [-0.25, -0.2) is 4.79 Å². The van der Waals surface area contributed by atoms with Gasteiger partial charge in [0.05, 0.1) is 17.4 Å². The second kappa shape index (κ2) is 7.48. The lowest BCUT2D eigenvalue weighted by Crippen LogP contribution is -2.42. The van der Waals surface area contributed by atoms with Gasteiger partial charge in [0.1, 0.15) is 12.6 Å². The van der Waals surface area contributed by atoms with Crippen molar-refractivity contribution < 1.29 is 19.6 Å². The second-order valence-electron chi connectivity index (χ2n) is 3.87. The Balaban J connectivity index is 2.56. The van der Waals surface area contributed by atoms with Crippen molar-refractivity contribution in [3.8, 4) is 0 Å². The van der Waals surface area contributed by atoms with Crippen molar-refractivity contribution >= 4 is 29.5 Å². The molecule has 110 valence electrons. The number of nitrogens with zero attached hydrogens (tertiary/aromatic N) is 3. The zero-order valence-electron chi connectivity index (χ0n) is 10.7. The summed E-state index contributed by atoms with van der Waals surface area (Å²) in [5.74, 6) is -1.44. The average Bonchev–Trinajstić information content (AvgIpc) is 2.82. The third-order valence-electron chi connectivity index (χ3n) is 2.36. The SMILES string of the molecule is CSCCC(NC(=O)Cn1ccc([N+](=O)[O-])n1)C(=O)O. The van der Waals surface area contributed by atoms with Gasteiger partial charge in [-0.1, -0.05) is 0 Å². The van der Waals surface area contributed by atoms with E-state index in [1.807, 2.05) is 6.26 Å². The third kappa shape index (κ3) is 4.88. The van der Waals surface area contributed by atoms with Crippen LogP contribution in [0, 0.1) is 10.1 Å². The highest BCUT2D eigenvalue weighted by atomic mass is 32.2. The summed E-state index contributed by atoms with van der Waals surface area (Å²) in [6.45, 7) is -0.267. The first-order valence-electron chi connectivity index (χ1n) is 5.63. The van der Waals surface area contributed by atoms with E-state index in [0.29, 0.717) is 12.2 Å². The van der Waals surface area contributed by atoms with Crippen molar-refractivity contribution in [3.63, 3.8) is 0 Å². The molecule has 0 saturated carbocycles. The van der Waals surface area contributed by atoms with Gasteiger partial charge in [0.2, 0.25) is 5.91 Å². The van der Waals surface area contributed by atoms with Crippen molar-refractivity contribution in [1.82, 2.24) is 15.1 Å². The Hall–Kier alpha value is -2.10. The van der Waals surface area contributed by atoms with E-state index >= 15 is 0 Å². The van der Waals surface area contributed by atoms with E-state index in [0.717, 1.165) is 10.7 Å². The molecule has 1 aromatic heterocycles. The minimum Gasteiger partial charge on any atom is -0.480 e. The van der Waals surface area contributed by atoms with Gasteiger partial charge in [-0.2, -0.15) is 16.4 Å². The summed E-state index contributed by atoms with van der Waals surface area (Å²) in [7, 11) is 0. The number of nitrogens with one attached hydrogen (secondary N) is 1. The van der Waals surface area contributed by atoms with Gasteiger partial charge < -0.3 is 20.5 Å². The van der Waals surface area contributed by atoms with Crippen LogP contribution in [0.5, 0.6) is 0 Å². The molecule has 0 saturated heterocycles. The van der Waals surface area contributed by atoms with Crippen LogP contribution < -0.4 is 5.32 Å². The van der Waals surface area contributed by atoms with Crippen molar-refractivity contribution in [2.75, 3.05) is 12.0 Å². The summed E-state index contributed by atoms with van der Waals surface area (Å²) < 4.78 is 1.08. The Labute approximate surface area is 118 Å².